The molecule has 2 aromatic carbocycles. The molecule has 0 spiro atoms. The van der Waals surface area contributed by atoms with Crippen LogP contribution in [0.5, 0.6) is 0 Å². The van der Waals surface area contributed by atoms with Crippen LogP contribution in [0.3, 0.4) is 0 Å². The smallest absolute Gasteiger partial charge is 0.220 e. The van der Waals surface area contributed by atoms with E-state index in [9.17, 15) is 26.0 Å². The first-order valence-electron chi connectivity index (χ1n) is 10.3. The Bertz CT molecular complexity index is 1490. The molecule has 0 fully saturated rings. The highest BCUT2D eigenvalue weighted by Gasteiger charge is 2.19. The second kappa shape index (κ2) is 13.0. The molecule has 0 aliphatic rings. The largest absolute Gasteiger partial charge is 0.299 e. The number of halogens is 5. The van der Waals surface area contributed by atoms with E-state index < -0.39 is 33.6 Å². The average molecular weight is 577 g/mol. The van der Waals surface area contributed by atoms with Crippen LogP contribution in [0.2, 0.25) is 0 Å². The Labute approximate surface area is 223 Å². The van der Waals surface area contributed by atoms with Gasteiger partial charge in [-0.05, 0) is 56.5 Å². The first-order chi connectivity index (χ1) is 16.8. The third-order valence-corrected chi connectivity index (χ3v) is 6.48. The van der Waals surface area contributed by atoms with Gasteiger partial charge in [0.25, 0.3) is 21.9 Å². The lowest BCUT2D eigenvalue weighted by molar-refractivity contribution is 0.140. The standard InChI is InChI=1S/C11H10ClF2N3O2S.C11H11F2N3.2CH4/c1-6-3-7(2)9(20(12,18)19)4-8(6)17-5-15-11(16-17)10(13)14;1-7-3-4-9(8(2)5-7)16-6-14-11(15-16)10(12)13;;/h3-5,10H,1-2H3;3-6,10H,1-2H3;2*1H4. The zero-order valence-corrected chi connectivity index (χ0v) is 21.1. The number of alkyl halides is 4. The van der Waals surface area contributed by atoms with Crippen LogP contribution in [0, 0.1) is 27.7 Å². The van der Waals surface area contributed by atoms with Crippen molar-refractivity contribution < 1.29 is 26.0 Å². The van der Waals surface area contributed by atoms with Crippen molar-refractivity contribution in [3.63, 3.8) is 0 Å². The van der Waals surface area contributed by atoms with Crippen molar-refractivity contribution in [1.29, 1.82) is 0 Å². The van der Waals surface area contributed by atoms with Crippen LogP contribution < -0.4 is 0 Å². The molecule has 4 rings (SSSR count). The molecular formula is C24H29ClF4N6O2S. The molecule has 0 amide bonds. The first-order valence-corrected chi connectivity index (χ1v) is 12.6. The third-order valence-electron chi connectivity index (χ3n) is 5.01. The van der Waals surface area contributed by atoms with Crippen LogP contribution in [0.1, 0.15) is 61.6 Å². The molecule has 0 aliphatic heterocycles. The van der Waals surface area contributed by atoms with Crippen LogP contribution in [0.4, 0.5) is 17.6 Å². The molecule has 208 valence electrons. The zero-order valence-electron chi connectivity index (χ0n) is 19.5. The maximum atomic E-state index is 12.5. The summed E-state index contributed by atoms with van der Waals surface area (Å²) in [5, 5.41) is 7.34. The summed E-state index contributed by atoms with van der Waals surface area (Å²) in [6.45, 7) is 7.18. The summed E-state index contributed by atoms with van der Waals surface area (Å²) in [4.78, 5) is 6.94. The van der Waals surface area contributed by atoms with Gasteiger partial charge in [-0.1, -0.05) is 38.6 Å². The van der Waals surface area contributed by atoms with Gasteiger partial charge >= 0.3 is 0 Å². The van der Waals surface area contributed by atoms with Gasteiger partial charge in [-0.25, -0.2) is 45.3 Å². The van der Waals surface area contributed by atoms with E-state index in [1.807, 2.05) is 32.0 Å². The molecule has 0 saturated heterocycles. The summed E-state index contributed by atoms with van der Waals surface area (Å²) in [5.74, 6) is -1.07. The summed E-state index contributed by atoms with van der Waals surface area (Å²) >= 11 is 0. The van der Waals surface area contributed by atoms with E-state index in [1.54, 1.807) is 19.9 Å². The van der Waals surface area contributed by atoms with Gasteiger partial charge in [0.15, 0.2) is 0 Å². The molecule has 0 unspecified atom stereocenters. The summed E-state index contributed by atoms with van der Waals surface area (Å²) < 4.78 is 75.0. The second-order valence-electron chi connectivity index (χ2n) is 7.83. The summed E-state index contributed by atoms with van der Waals surface area (Å²) in [6, 6.07) is 8.60. The number of nitrogens with zero attached hydrogens (tertiary/aromatic N) is 6. The van der Waals surface area contributed by atoms with Gasteiger partial charge in [-0.3, -0.25) is 0 Å². The van der Waals surface area contributed by atoms with Crippen LogP contribution >= 0.6 is 10.7 Å². The third kappa shape index (κ3) is 7.60. The Morgan fingerprint density at radius 2 is 1.21 bits per heavy atom. The molecule has 2 heterocycles. The molecule has 0 bridgehead atoms. The number of aromatic nitrogens is 6. The molecule has 0 aliphatic carbocycles. The number of hydrogen-bond donors (Lipinski definition) is 0. The van der Waals surface area contributed by atoms with Gasteiger partial charge in [0.1, 0.15) is 12.7 Å². The Kier molecular flexibility index (Phi) is 11.2. The summed E-state index contributed by atoms with van der Waals surface area (Å²) in [5.41, 5.74) is 4.33. The van der Waals surface area contributed by atoms with Crippen molar-refractivity contribution >= 4 is 19.7 Å². The van der Waals surface area contributed by atoms with Crippen molar-refractivity contribution in [3.8, 4) is 11.4 Å². The summed E-state index contributed by atoms with van der Waals surface area (Å²) in [7, 11) is 1.41. The fraction of sp³-hybridized carbons (Fsp3) is 0.333. The van der Waals surface area contributed by atoms with Crippen molar-refractivity contribution in [2.45, 2.75) is 60.3 Å². The van der Waals surface area contributed by atoms with Crippen LogP contribution in [0.15, 0.2) is 47.9 Å². The molecule has 8 nitrogen and oxygen atoms in total. The van der Waals surface area contributed by atoms with E-state index in [0.717, 1.165) is 27.8 Å². The SMILES string of the molecule is C.C.Cc1cc(C)c(S(=O)(=O)Cl)cc1-n1cnc(C(F)F)n1.Cc1ccc(-n2cnc(C(F)F)n2)c(C)c1. The molecule has 2 aromatic heterocycles. The van der Waals surface area contributed by atoms with Crippen LogP contribution in [0.25, 0.3) is 11.4 Å². The quantitative estimate of drug-likeness (QED) is 0.191. The Morgan fingerprint density at radius 1 is 0.737 bits per heavy atom. The Morgan fingerprint density at radius 3 is 1.63 bits per heavy atom. The van der Waals surface area contributed by atoms with E-state index in [-0.39, 0.29) is 19.7 Å². The fourth-order valence-electron chi connectivity index (χ4n) is 3.38. The normalized spacial score (nSPS) is 11.0. The monoisotopic (exact) mass is 576 g/mol. The van der Waals surface area contributed by atoms with E-state index in [4.69, 9.17) is 10.7 Å². The minimum atomic E-state index is -3.93. The van der Waals surface area contributed by atoms with E-state index in [2.05, 4.69) is 20.2 Å². The molecule has 38 heavy (non-hydrogen) atoms. The van der Waals surface area contributed by atoms with Crippen LogP contribution in [-0.4, -0.2) is 37.9 Å². The molecule has 0 atom stereocenters. The van der Waals surface area contributed by atoms with Crippen molar-refractivity contribution in [2.24, 2.45) is 0 Å². The van der Waals surface area contributed by atoms with Gasteiger partial charge in [-0.15, -0.1) is 10.2 Å². The maximum Gasteiger partial charge on any atom is 0.299 e. The Balaban J connectivity index is 0.000000368. The Hall–Kier alpha value is -3.32. The molecular weight excluding hydrogens is 548 g/mol. The lowest BCUT2D eigenvalue weighted by atomic mass is 10.1. The predicted octanol–water partition coefficient (Wildman–Crippen LogP) is 6.84. The molecule has 0 radical (unpaired) electrons. The first kappa shape index (κ1) is 32.7. The minimum Gasteiger partial charge on any atom is -0.220 e. The van der Waals surface area contributed by atoms with Gasteiger partial charge in [0, 0.05) is 10.7 Å². The average Bonchev–Trinajstić information content (AvgIpc) is 3.44. The number of hydrogen-bond acceptors (Lipinski definition) is 6. The van der Waals surface area contributed by atoms with Crippen molar-refractivity contribution in [1.82, 2.24) is 29.5 Å². The van der Waals surface area contributed by atoms with E-state index in [1.165, 1.54) is 17.1 Å². The fourth-order valence-corrected chi connectivity index (χ4v) is 4.57. The van der Waals surface area contributed by atoms with E-state index in [0.29, 0.717) is 16.8 Å². The molecule has 0 N–H and O–H groups in total. The van der Waals surface area contributed by atoms with Gasteiger partial charge < -0.3 is 0 Å². The zero-order chi connectivity index (χ0) is 26.8. The highest BCUT2D eigenvalue weighted by Crippen LogP contribution is 2.26. The van der Waals surface area contributed by atoms with Gasteiger partial charge in [0.05, 0.1) is 16.3 Å². The highest BCUT2D eigenvalue weighted by molar-refractivity contribution is 8.13. The molecule has 4 aromatic rings. The summed E-state index contributed by atoms with van der Waals surface area (Å²) in [6.07, 6.45) is -3.02. The van der Waals surface area contributed by atoms with Crippen molar-refractivity contribution in [2.75, 3.05) is 0 Å². The predicted molar refractivity (Wildman–Crippen MR) is 138 cm³/mol. The number of rotatable bonds is 5. The topological polar surface area (TPSA) is 95.6 Å². The highest BCUT2D eigenvalue weighted by atomic mass is 35.7. The minimum absolute atomic E-state index is 0. The van der Waals surface area contributed by atoms with Crippen LogP contribution in [-0.2, 0) is 9.05 Å². The molecule has 0 saturated carbocycles. The van der Waals surface area contributed by atoms with Gasteiger partial charge in [-0.2, -0.15) is 0 Å². The number of benzene rings is 2. The maximum absolute atomic E-state index is 12.5. The molecule has 14 heteroatoms. The van der Waals surface area contributed by atoms with E-state index >= 15 is 0 Å². The van der Waals surface area contributed by atoms with Gasteiger partial charge in [0.2, 0.25) is 11.6 Å². The lowest BCUT2D eigenvalue weighted by Crippen LogP contribution is -2.03. The number of aryl methyl sites for hydroxylation is 4. The van der Waals surface area contributed by atoms with Crippen molar-refractivity contribution in [3.05, 3.63) is 76.9 Å². The second-order valence-corrected chi connectivity index (χ2v) is 10.4. The lowest BCUT2D eigenvalue weighted by Gasteiger charge is -2.09.